The van der Waals surface area contributed by atoms with E-state index in [1.807, 2.05) is 4.90 Å². The topological polar surface area (TPSA) is 88.6 Å². The highest BCUT2D eigenvalue weighted by Gasteiger charge is 2.32. The number of ether oxygens (including phenoxy) is 2. The Kier molecular flexibility index (Phi) is 7.17. The van der Waals surface area contributed by atoms with Crippen LogP contribution in [0.5, 0.6) is 6.01 Å². The monoisotopic (exact) mass is 465 g/mol. The molecular weight excluding hydrogens is 439 g/mol. The maximum atomic E-state index is 13.3. The molecule has 2 aliphatic rings. The normalized spacial score (nSPS) is 21.4. The number of carbonyl (C=O) groups is 1. The van der Waals surface area contributed by atoms with E-state index in [-0.39, 0.29) is 17.8 Å². The van der Waals surface area contributed by atoms with Gasteiger partial charge in [-0.1, -0.05) is 0 Å². The van der Waals surface area contributed by atoms with Gasteiger partial charge in [0.1, 0.15) is 6.10 Å². The van der Waals surface area contributed by atoms with Crippen molar-refractivity contribution in [2.45, 2.75) is 44.0 Å². The summed E-state index contributed by atoms with van der Waals surface area (Å²) in [6, 6.07) is 4.82. The van der Waals surface area contributed by atoms with Crippen molar-refractivity contribution in [1.29, 1.82) is 0 Å². The van der Waals surface area contributed by atoms with Crippen LogP contribution >= 0.6 is 0 Å². The van der Waals surface area contributed by atoms with Gasteiger partial charge >= 0.3 is 18.2 Å². The number of benzene rings is 1. The molecule has 0 radical (unpaired) electrons. The van der Waals surface area contributed by atoms with Crippen molar-refractivity contribution in [2.75, 3.05) is 36.5 Å². The second-order valence-electron chi connectivity index (χ2n) is 8.05. The van der Waals surface area contributed by atoms with Gasteiger partial charge in [0.05, 0.1) is 30.2 Å². The second-order valence-corrected chi connectivity index (χ2v) is 8.05. The molecule has 1 aromatic carbocycles. The van der Waals surface area contributed by atoms with Gasteiger partial charge in [-0.05, 0) is 49.9 Å². The van der Waals surface area contributed by atoms with Gasteiger partial charge < -0.3 is 25.0 Å². The lowest BCUT2D eigenvalue weighted by molar-refractivity contribution is -0.137. The van der Waals surface area contributed by atoms with Gasteiger partial charge in [0.15, 0.2) is 0 Å². The van der Waals surface area contributed by atoms with Gasteiger partial charge in [0.2, 0.25) is 0 Å². The molecule has 2 N–H and O–H groups in total. The molecule has 11 heteroatoms. The summed E-state index contributed by atoms with van der Waals surface area (Å²) in [6.45, 7) is 2.03. The number of nitrogens with one attached hydrogen (secondary N) is 2. The molecule has 1 saturated carbocycles. The predicted molar refractivity (Wildman–Crippen MR) is 115 cm³/mol. The number of hydrogen-bond acceptors (Lipinski definition) is 6. The van der Waals surface area contributed by atoms with E-state index in [4.69, 9.17) is 9.47 Å². The zero-order chi connectivity index (χ0) is 23.3. The smallest absolute Gasteiger partial charge is 0.416 e. The number of hydrogen-bond donors (Lipinski definition) is 2. The standard InChI is InChI=1S/C22H26F3N5O3/c23-22(24,25)15-2-7-19(30-10-12-32-13-11-30)18(14-15)29-20(31)28-16-3-5-17(6-4-16)33-21-26-8-1-9-27-21/h1-2,7-9,14,16-17H,3-6,10-13H2,(H2,28,29,31)/t16-,17-. The Morgan fingerprint density at radius 3 is 2.45 bits per heavy atom. The molecular formula is C22H26F3N5O3. The Bertz CT molecular complexity index is 931. The minimum Gasteiger partial charge on any atom is -0.460 e. The maximum Gasteiger partial charge on any atom is 0.416 e. The fraction of sp³-hybridized carbons (Fsp3) is 0.500. The third-order valence-corrected chi connectivity index (χ3v) is 5.75. The molecule has 2 fully saturated rings. The lowest BCUT2D eigenvalue weighted by Gasteiger charge is -2.31. The number of amides is 2. The summed E-state index contributed by atoms with van der Waals surface area (Å²) in [5.41, 5.74) is -0.139. The van der Waals surface area contributed by atoms with E-state index >= 15 is 0 Å². The van der Waals surface area contributed by atoms with Crippen molar-refractivity contribution in [2.24, 2.45) is 0 Å². The number of carbonyl (C=O) groups excluding carboxylic acids is 1. The van der Waals surface area contributed by atoms with Crippen molar-refractivity contribution in [3.63, 3.8) is 0 Å². The largest absolute Gasteiger partial charge is 0.460 e. The highest BCUT2D eigenvalue weighted by atomic mass is 19.4. The molecule has 4 rings (SSSR count). The number of rotatable bonds is 5. The van der Waals surface area contributed by atoms with Gasteiger partial charge in [-0.15, -0.1) is 0 Å². The number of anilines is 2. The third kappa shape index (κ3) is 6.25. The van der Waals surface area contributed by atoms with Crippen molar-refractivity contribution < 1.29 is 27.4 Å². The Morgan fingerprint density at radius 2 is 1.79 bits per heavy atom. The first kappa shape index (κ1) is 23.1. The quantitative estimate of drug-likeness (QED) is 0.698. The summed E-state index contributed by atoms with van der Waals surface area (Å²) in [5, 5.41) is 5.51. The van der Waals surface area contributed by atoms with Crippen LogP contribution in [-0.4, -0.2) is 54.4 Å². The van der Waals surface area contributed by atoms with E-state index in [2.05, 4.69) is 20.6 Å². The van der Waals surface area contributed by atoms with Crippen LogP contribution < -0.4 is 20.3 Å². The van der Waals surface area contributed by atoms with E-state index in [0.29, 0.717) is 63.7 Å². The fourth-order valence-corrected chi connectivity index (χ4v) is 4.06. The van der Waals surface area contributed by atoms with E-state index in [9.17, 15) is 18.0 Å². The molecule has 1 aromatic heterocycles. The van der Waals surface area contributed by atoms with Crippen molar-refractivity contribution >= 4 is 17.4 Å². The molecule has 2 amide bonds. The van der Waals surface area contributed by atoms with E-state index < -0.39 is 17.8 Å². The minimum atomic E-state index is -4.50. The van der Waals surface area contributed by atoms with Gasteiger partial charge in [0.25, 0.3) is 0 Å². The molecule has 0 spiro atoms. The van der Waals surface area contributed by atoms with Crippen LogP contribution in [0.25, 0.3) is 0 Å². The van der Waals surface area contributed by atoms with Crippen molar-refractivity contribution in [3.8, 4) is 6.01 Å². The zero-order valence-electron chi connectivity index (χ0n) is 18.0. The Balaban J connectivity index is 1.36. The van der Waals surface area contributed by atoms with Gasteiger partial charge in [-0.3, -0.25) is 0 Å². The summed E-state index contributed by atoms with van der Waals surface area (Å²) in [5.74, 6) is 0. The summed E-state index contributed by atoms with van der Waals surface area (Å²) < 4.78 is 50.9. The van der Waals surface area contributed by atoms with Crippen molar-refractivity contribution in [3.05, 3.63) is 42.2 Å². The van der Waals surface area contributed by atoms with Crippen molar-refractivity contribution in [1.82, 2.24) is 15.3 Å². The fourth-order valence-electron chi connectivity index (χ4n) is 4.06. The minimum absolute atomic E-state index is 0.0371. The molecule has 0 bridgehead atoms. The predicted octanol–water partition coefficient (Wildman–Crippen LogP) is 3.84. The van der Waals surface area contributed by atoms with Crippen LogP contribution in [0, 0.1) is 0 Å². The first-order chi connectivity index (χ1) is 15.9. The molecule has 33 heavy (non-hydrogen) atoms. The van der Waals surface area contributed by atoms with E-state index in [1.54, 1.807) is 18.5 Å². The highest BCUT2D eigenvalue weighted by molar-refractivity contribution is 5.93. The summed E-state index contributed by atoms with van der Waals surface area (Å²) in [4.78, 5) is 22.7. The van der Waals surface area contributed by atoms with E-state index in [0.717, 1.165) is 12.1 Å². The summed E-state index contributed by atoms with van der Waals surface area (Å²) in [6.07, 6.45) is 1.48. The van der Waals surface area contributed by atoms with Gasteiger partial charge in [0, 0.05) is 31.5 Å². The van der Waals surface area contributed by atoms with Gasteiger partial charge in [-0.2, -0.15) is 13.2 Å². The Hall–Kier alpha value is -3.08. The van der Waals surface area contributed by atoms with Crippen LogP contribution in [0.15, 0.2) is 36.7 Å². The molecule has 1 saturated heterocycles. The maximum absolute atomic E-state index is 13.3. The number of aromatic nitrogens is 2. The first-order valence-electron chi connectivity index (χ1n) is 10.9. The van der Waals surface area contributed by atoms with Crippen LogP contribution in [0.4, 0.5) is 29.3 Å². The zero-order valence-corrected chi connectivity index (χ0v) is 18.0. The Labute approximate surface area is 189 Å². The Morgan fingerprint density at radius 1 is 1.09 bits per heavy atom. The van der Waals surface area contributed by atoms with Crippen LogP contribution in [0.3, 0.4) is 0 Å². The van der Waals surface area contributed by atoms with Crippen LogP contribution in [0.2, 0.25) is 0 Å². The second kappa shape index (κ2) is 10.2. The average molecular weight is 465 g/mol. The SMILES string of the molecule is O=C(Nc1cc(C(F)(F)F)ccc1N1CCOCC1)N[C@H]1CC[C@H](Oc2ncccn2)CC1. The molecule has 178 valence electrons. The highest BCUT2D eigenvalue weighted by Crippen LogP contribution is 2.36. The number of urea groups is 1. The van der Waals surface area contributed by atoms with E-state index in [1.165, 1.54) is 6.07 Å². The van der Waals surface area contributed by atoms with Crippen LogP contribution in [0.1, 0.15) is 31.2 Å². The lowest BCUT2D eigenvalue weighted by atomic mass is 9.93. The molecule has 2 aromatic rings. The molecule has 0 atom stereocenters. The third-order valence-electron chi connectivity index (χ3n) is 5.75. The summed E-state index contributed by atoms with van der Waals surface area (Å²) in [7, 11) is 0. The summed E-state index contributed by atoms with van der Waals surface area (Å²) >= 11 is 0. The van der Waals surface area contributed by atoms with Crippen LogP contribution in [-0.2, 0) is 10.9 Å². The number of nitrogens with zero attached hydrogens (tertiary/aromatic N) is 3. The lowest BCUT2D eigenvalue weighted by Crippen LogP contribution is -2.42. The number of alkyl halides is 3. The molecule has 1 aliphatic heterocycles. The van der Waals surface area contributed by atoms with Gasteiger partial charge in [-0.25, -0.2) is 14.8 Å². The molecule has 2 heterocycles. The first-order valence-corrected chi connectivity index (χ1v) is 10.9. The number of halogens is 3. The molecule has 8 nitrogen and oxygen atoms in total. The molecule has 0 unspecified atom stereocenters. The molecule has 1 aliphatic carbocycles. The average Bonchev–Trinajstić information content (AvgIpc) is 2.81. The number of morpholine rings is 1.